The molecule has 2 aromatic heterocycles. The molecule has 9 unspecified atom stereocenters. The summed E-state index contributed by atoms with van der Waals surface area (Å²) in [6.07, 6.45) is 2.28. The van der Waals surface area contributed by atoms with Crippen LogP contribution in [-0.2, 0) is 60.8 Å². The summed E-state index contributed by atoms with van der Waals surface area (Å²) in [5.41, 5.74) is 24.4. The monoisotopic (exact) mass is 1100 g/mol. The van der Waals surface area contributed by atoms with Gasteiger partial charge in [0.05, 0.1) is 18.3 Å². The van der Waals surface area contributed by atoms with Crippen LogP contribution in [-0.4, -0.2) is 146 Å². The molecule has 7 bridgehead atoms. The Hall–Kier alpha value is -8.10. The molecule has 18 N–H and O–H groups in total. The van der Waals surface area contributed by atoms with Crippen LogP contribution >= 0.6 is 0 Å². The van der Waals surface area contributed by atoms with Crippen molar-refractivity contribution in [3.63, 3.8) is 0 Å². The molecular weight excluding hydrogens is 1020 g/mol. The van der Waals surface area contributed by atoms with Gasteiger partial charge in [-0.3, -0.25) is 52.7 Å². The van der Waals surface area contributed by atoms with Crippen LogP contribution in [0.5, 0.6) is 0 Å². The lowest BCUT2D eigenvalue weighted by molar-refractivity contribution is -0.143. The number of carbonyl (C=O) groups is 10. The van der Waals surface area contributed by atoms with Crippen molar-refractivity contribution in [1.82, 2.24) is 57.1 Å². The van der Waals surface area contributed by atoms with Gasteiger partial charge >= 0.3 is 5.97 Å². The van der Waals surface area contributed by atoms with Gasteiger partial charge in [-0.25, -0.2) is 9.78 Å². The summed E-state index contributed by atoms with van der Waals surface area (Å²) in [5.74, 6) is -10.9. The van der Waals surface area contributed by atoms with Crippen molar-refractivity contribution in [3.8, 4) is 5.82 Å². The number of amides is 9. The predicted octanol–water partition coefficient (Wildman–Crippen LogP) is -2.20. The smallest absolute Gasteiger partial charge is 0.326 e. The molecule has 9 amide bonds. The normalized spacial score (nSPS) is 22.5. The molecule has 0 aliphatic carbocycles. The van der Waals surface area contributed by atoms with Crippen molar-refractivity contribution in [2.75, 3.05) is 13.1 Å². The number of nitrogens with two attached hydrogens (primary N) is 4. The van der Waals surface area contributed by atoms with Crippen LogP contribution in [0.1, 0.15) is 110 Å². The number of primary amides is 1. The third-order valence-electron chi connectivity index (χ3n) is 13.8. The number of imidazole rings is 1. The van der Waals surface area contributed by atoms with Crippen molar-refractivity contribution in [2.24, 2.45) is 51.6 Å². The molecule has 3 aromatic rings. The zero-order valence-electron chi connectivity index (χ0n) is 45.9. The van der Waals surface area contributed by atoms with Gasteiger partial charge < -0.3 is 75.6 Å². The zero-order valence-corrected chi connectivity index (χ0v) is 45.9. The van der Waals surface area contributed by atoms with Crippen LogP contribution in [0.25, 0.3) is 16.7 Å². The highest BCUT2D eigenvalue weighted by molar-refractivity contribution is 5.99. The fraction of sp³-hybridized carbons (Fsp3) is 0.577. The maximum absolute atomic E-state index is 15.0. The Kier molecular flexibility index (Phi) is 21.5. The molecule has 27 heteroatoms. The van der Waals surface area contributed by atoms with Crippen molar-refractivity contribution in [3.05, 3.63) is 47.5 Å². The number of benzene rings is 1. The molecule has 0 spiro atoms. The Morgan fingerprint density at radius 1 is 0.835 bits per heavy atom. The number of nitrogens with zero attached hydrogens (tertiary/aromatic N) is 3. The number of rotatable bonds is 17. The van der Waals surface area contributed by atoms with Gasteiger partial charge in [-0.15, -0.1) is 0 Å². The number of guanidine groups is 1. The molecule has 5 heterocycles. The van der Waals surface area contributed by atoms with Crippen LogP contribution < -0.4 is 65.5 Å². The second-order valence-electron chi connectivity index (χ2n) is 21.7. The quantitative estimate of drug-likeness (QED) is 0.0295. The van der Waals surface area contributed by atoms with E-state index in [1.165, 1.54) is 6.33 Å². The van der Waals surface area contributed by atoms with Crippen LogP contribution in [0, 0.1) is 23.7 Å². The van der Waals surface area contributed by atoms with Crippen molar-refractivity contribution in [2.45, 2.75) is 155 Å². The van der Waals surface area contributed by atoms with Crippen LogP contribution in [0.4, 0.5) is 0 Å². The Balaban J connectivity index is 1.79. The van der Waals surface area contributed by atoms with E-state index in [0.717, 1.165) is 0 Å². The van der Waals surface area contributed by atoms with Gasteiger partial charge in [-0.05, 0) is 61.0 Å². The van der Waals surface area contributed by atoms with E-state index in [1.807, 2.05) is 27.7 Å². The Morgan fingerprint density at radius 2 is 1.53 bits per heavy atom. The van der Waals surface area contributed by atoms with Crippen molar-refractivity contribution in [1.29, 1.82) is 0 Å². The van der Waals surface area contributed by atoms with Gasteiger partial charge in [0.1, 0.15) is 54.4 Å². The zero-order chi connectivity index (χ0) is 58.6. The fourth-order valence-corrected chi connectivity index (χ4v) is 9.65. The van der Waals surface area contributed by atoms with Crippen molar-refractivity contribution < 1.29 is 53.1 Å². The van der Waals surface area contributed by atoms with E-state index in [4.69, 9.17) is 22.9 Å². The summed E-state index contributed by atoms with van der Waals surface area (Å²) >= 11 is 0. The second-order valence-corrected chi connectivity index (χ2v) is 21.7. The van der Waals surface area contributed by atoms with Gasteiger partial charge in [0, 0.05) is 54.4 Å². The number of hydrogen-bond donors (Lipinski definition) is 14. The third-order valence-corrected chi connectivity index (χ3v) is 13.8. The lowest BCUT2D eigenvalue weighted by Crippen LogP contribution is -2.61. The standard InChI is InChI=1S/C52H78N16O11/c1-23(2)16-34-47(74)65-40(25(5)6)49(76)64-36-19-30-29-12-11-27(39(24(3)4)42(50(77)63-34)67-44(71)31(53)13-14-37(54)69)17-33(29)61-43(30)68-21-28(59-22-68)18-35(48(75)66-41(26(7)8)51(78)79)60-38(70)20-58-45(72)32(62-46(36)73)10-9-15-57-52(55)56/h11-12,17,21-26,31-32,34-36,39-42,61H,9-10,13-16,18-20,53H2,1-8H3,(H2,54,69)(H,58,72)(H,60,70)(H,62,73)(H,63,77)(H,64,76)(H,65,74)(H,66,75)(H,67,71)(H,78,79)(H4,55,56,57). The van der Waals surface area contributed by atoms with Gasteiger partial charge in [0.2, 0.25) is 53.2 Å². The first kappa shape index (κ1) is 61.7. The molecular formula is C52H78N16O11. The van der Waals surface area contributed by atoms with Gasteiger partial charge in [-0.2, -0.15) is 0 Å². The van der Waals surface area contributed by atoms with Gasteiger partial charge in [0.15, 0.2) is 5.96 Å². The Labute approximate surface area is 457 Å². The highest BCUT2D eigenvalue weighted by Crippen LogP contribution is 2.35. The van der Waals surface area contributed by atoms with E-state index in [1.54, 1.807) is 56.7 Å². The first-order chi connectivity index (χ1) is 37.1. The number of aromatic nitrogens is 3. The number of hydrogen-bond acceptors (Lipinski definition) is 13. The van der Waals surface area contributed by atoms with E-state index >= 15 is 0 Å². The van der Waals surface area contributed by atoms with Crippen LogP contribution in [0.15, 0.2) is 35.7 Å². The molecule has 9 atom stereocenters. The first-order valence-corrected chi connectivity index (χ1v) is 26.5. The molecule has 27 nitrogen and oxygen atoms in total. The highest BCUT2D eigenvalue weighted by Gasteiger charge is 2.40. The van der Waals surface area contributed by atoms with E-state index in [-0.39, 0.29) is 69.1 Å². The Morgan fingerprint density at radius 3 is 2.15 bits per heavy atom. The minimum absolute atomic E-state index is 0.0455. The summed E-state index contributed by atoms with van der Waals surface area (Å²) < 4.78 is 1.57. The second kappa shape index (κ2) is 27.5. The van der Waals surface area contributed by atoms with E-state index < -0.39 is 138 Å². The minimum atomic E-state index is -1.49. The third kappa shape index (κ3) is 16.7. The highest BCUT2D eigenvalue weighted by atomic mass is 16.4. The molecule has 79 heavy (non-hydrogen) atoms. The number of aromatic amines is 1. The molecule has 432 valence electrons. The molecule has 3 aliphatic heterocycles. The molecule has 3 aliphatic rings. The van der Waals surface area contributed by atoms with Crippen LogP contribution in [0.2, 0.25) is 0 Å². The lowest BCUT2D eigenvalue weighted by Gasteiger charge is -2.33. The Bertz CT molecular complexity index is 2780. The molecule has 1 aromatic carbocycles. The summed E-state index contributed by atoms with van der Waals surface area (Å²) in [6, 6.07) is -5.55. The number of carboxylic acids is 1. The van der Waals surface area contributed by atoms with E-state index in [2.05, 4.69) is 57.5 Å². The maximum atomic E-state index is 15.0. The summed E-state index contributed by atoms with van der Waals surface area (Å²) in [5, 5.41) is 32.1. The number of nitrogens with one attached hydrogen (secondary N) is 9. The number of carboxylic acid groups (broad SMARTS) is 1. The summed E-state index contributed by atoms with van der Waals surface area (Å²) in [7, 11) is 0. The summed E-state index contributed by atoms with van der Waals surface area (Å²) in [4.78, 5) is 151. The number of carbonyl (C=O) groups excluding carboxylic acids is 9. The molecule has 0 saturated carbocycles. The topological polar surface area (TPSA) is 437 Å². The number of aliphatic carboxylic acids is 1. The van der Waals surface area contributed by atoms with E-state index in [9.17, 15) is 53.1 Å². The predicted molar refractivity (Wildman–Crippen MR) is 290 cm³/mol. The number of aliphatic imine (C=N–C) groups is 1. The first-order valence-electron chi connectivity index (χ1n) is 26.5. The minimum Gasteiger partial charge on any atom is -0.480 e. The average molecular weight is 1100 g/mol. The molecule has 0 saturated heterocycles. The number of fused-ring (bicyclic) bond motifs is 13. The average Bonchev–Trinajstić information content (AvgIpc) is 4.12. The molecule has 0 radical (unpaired) electrons. The largest absolute Gasteiger partial charge is 0.480 e. The number of H-pyrrole nitrogens is 1. The van der Waals surface area contributed by atoms with Crippen molar-refractivity contribution >= 4 is 76.0 Å². The SMILES string of the molecule is CC(C)CC1NC(=O)C(NC(=O)C(N)CCC(N)=O)C(C(C)C)c2ccc3c4c([nH]c3c2)-n2cnc(c2)CC(C(=O)NC(C(=O)O)C(C)C)NC(=O)CNC(=O)C(CCCN=C(N)N)NC(=O)C(C4)NC(=O)C(C(C)C)NC1=O. The molecule has 0 fully saturated rings. The van der Waals surface area contributed by atoms with Crippen LogP contribution in [0.3, 0.4) is 0 Å². The fourth-order valence-electron chi connectivity index (χ4n) is 9.65. The van der Waals surface area contributed by atoms with Gasteiger partial charge in [0.25, 0.3) is 0 Å². The lowest BCUT2D eigenvalue weighted by atomic mass is 9.81. The van der Waals surface area contributed by atoms with E-state index in [0.29, 0.717) is 27.8 Å². The van der Waals surface area contributed by atoms with Gasteiger partial charge in [-0.1, -0.05) is 67.5 Å². The maximum Gasteiger partial charge on any atom is 0.326 e. The summed E-state index contributed by atoms with van der Waals surface area (Å²) in [6.45, 7) is 13.3. The molecule has 6 rings (SSSR count).